The summed E-state index contributed by atoms with van der Waals surface area (Å²) in [4.78, 5) is 56.0. The van der Waals surface area contributed by atoms with Crippen molar-refractivity contribution in [3.63, 3.8) is 0 Å². The van der Waals surface area contributed by atoms with Crippen molar-refractivity contribution in [2.75, 3.05) is 83.8 Å². The fraction of sp³-hybridized carbons (Fsp3) is 0.311. The Balaban J connectivity index is 0.000000183. The number of likely N-dealkylation sites (N-methyl/N-ethyl adjacent to an activating group) is 2. The molecule has 10 rings (SSSR count). The number of aromatic amines is 2. The number of carbonyl (C=O) groups is 2. The molecule has 0 unspecified atom stereocenters. The molecule has 2 fully saturated rings. The average molecular weight is 1110 g/mol. The van der Waals surface area contributed by atoms with Crippen LogP contribution in [-0.4, -0.2) is 146 Å². The summed E-state index contributed by atoms with van der Waals surface area (Å²) < 4.78 is 0. The van der Waals surface area contributed by atoms with Gasteiger partial charge in [0, 0.05) is 128 Å². The highest BCUT2D eigenvalue weighted by atomic mass is 35.5. The molecule has 16 nitrogen and oxygen atoms in total. The Morgan fingerprint density at radius 1 is 0.646 bits per heavy atom. The summed E-state index contributed by atoms with van der Waals surface area (Å²) in [6.45, 7) is 7.27. The molecule has 0 saturated carbocycles. The van der Waals surface area contributed by atoms with E-state index in [1.165, 1.54) is 11.1 Å². The molecule has 2 saturated heterocycles. The van der Waals surface area contributed by atoms with E-state index in [-0.39, 0.29) is 5.78 Å². The van der Waals surface area contributed by atoms with E-state index in [4.69, 9.17) is 44.0 Å². The molecule has 2 aliphatic heterocycles. The summed E-state index contributed by atoms with van der Waals surface area (Å²) in [6.07, 6.45) is 18.1. The standard InChI is InChI=1S/C31H35ClN6O.C24H25ClN6.C6H11NO2/c1-37(2)14-6-9-25(39)18-22-7-5-8-23(17-22)21-38-15-12-24(13-16-38)35-31-34-20-28(32)30(36-31)27-19-33-29-11-4-3-10-26(27)29;25-21-14-28-24(30-23(21)20-13-27-22-7-2-1-6-19(20)22)29-18-8-10-31(11-9-18)15-16-4-3-5-17(26)12-16;1-7(2)5-3-4-6(8)9/h3-11,17,19-20,24,33H,12-16,18,21H2,1-2H3,(H,34,35,36);1-7,12-14,18,27H,8-11,15,26H2,(H,28,29,30);3-4H,5H2,1-2H3,(H,8,9)/b9-6+;;4-3+. The van der Waals surface area contributed by atoms with Gasteiger partial charge in [-0.1, -0.05) is 108 Å². The lowest BCUT2D eigenvalue weighted by Crippen LogP contribution is -2.39. The number of fused-ring (bicyclic) bond motifs is 2. The zero-order valence-electron chi connectivity index (χ0n) is 45.4. The number of ketones is 1. The van der Waals surface area contributed by atoms with Crippen molar-refractivity contribution < 1.29 is 14.7 Å². The normalized spacial score (nSPS) is 14.7. The van der Waals surface area contributed by atoms with Crippen molar-refractivity contribution in [1.82, 2.24) is 49.5 Å². The van der Waals surface area contributed by atoms with Crippen molar-refractivity contribution in [1.29, 1.82) is 0 Å². The molecular formula is C61H71Cl2N13O3. The summed E-state index contributed by atoms with van der Waals surface area (Å²) in [7, 11) is 7.74. The molecule has 0 bridgehead atoms. The van der Waals surface area contributed by atoms with Crippen molar-refractivity contribution in [3.05, 3.63) is 173 Å². The number of aromatic nitrogens is 6. The van der Waals surface area contributed by atoms with Crippen LogP contribution in [0.4, 0.5) is 17.6 Å². The van der Waals surface area contributed by atoms with E-state index in [1.54, 1.807) is 24.5 Å². The third-order valence-corrected chi connectivity index (χ3v) is 14.2. The average Bonchev–Trinajstić information content (AvgIpc) is 4.15. The van der Waals surface area contributed by atoms with Gasteiger partial charge in [0.25, 0.3) is 0 Å². The van der Waals surface area contributed by atoms with E-state index >= 15 is 0 Å². The fourth-order valence-corrected chi connectivity index (χ4v) is 10.1. The number of nitrogens with zero attached hydrogens (tertiary/aromatic N) is 8. The number of benzene rings is 4. The molecule has 0 aliphatic carbocycles. The lowest BCUT2D eigenvalue weighted by molar-refractivity contribution is -0.131. The van der Waals surface area contributed by atoms with Crippen LogP contribution in [0.2, 0.25) is 10.0 Å². The molecule has 412 valence electrons. The number of allylic oxidation sites excluding steroid dienone is 1. The number of para-hydroxylation sites is 2. The second-order valence-electron chi connectivity index (χ2n) is 20.5. The van der Waals surface area contributed by atoms with Crippen LogP contribution < -0.4 is 16.4 Å². The van der Waals surface area contributed by atoms with Gasteiger partial charge in [0.2, 0.25) is 11.9 Å². The molecular weight excluding hydrogens is 1030 g/mol. The molecule has 0 amide bonds. The van der Waals surface area contributed by atoms with Gasteiger partial charge in [-0.25, -0.2) is 24.7 Å². The highest BCUT2D eigenvalue weighted by Gasteiger charge is 2.23. The largest absolute Gasteiger partial charge is 0.478 e. The second kappa shape index (κ2) is 28.4. The lowest BCUT2D eigenvalue weighted by Gasteiger charge is -2.32. The van der Waals surface area contributed by atoms with Gasteiger partial charge in [-0.3, -0.25) is 14.6 Å². The number of H-pyrrole nitrogens is 2. The summed E-state index contributed by atoms with van der Waals surface area (Å²) in [5, 5.41) is 18.4. The number of likely N-dealkylation sites (tertiary alicyclic amines) is 2. The van der Waals surface area contributed by atoms with E-state index in [9.17, 15) is 9.59 Å². The third kappa shape index (κ3) is 17.3. The van der Waals surface area contributed by atoms with E-state index in [0.29, 0.717) is 47.0 Å². The SMILES string of the molecule is CN(C)C/C=C/C(=O)Cc1cccc(CN2CCC(Nc3ncc(Cl)c(-c4c[nH]c5ccccc45)n3)CC2)c1.CN(C)C/C=C/C(=O)O.Nc1cccc(CN2CCC(Nc3ncc(Cl)c(-c4c[nH]c5ccccc45)n3)CC2)c1. The summed E-state index contributed by atoms with van der Waals surface area (Å²) in [5.41, 5.74) is 15.9. The Hall–Kier alpha value is -7.44. The van der Waals surface area contributed by atoms with E-state index < -0.39 is 5.97 Å². The molecule has 0 radical (unpaired) electrons. The van der Waals surface area contributed by atoms with Gasteiger partial charge in [-0.05, 0) is 101 Å². The molecule has 4 aromatic heterocycles. The predicted molar refractivity (Wildman–Crippen MR) is 322 cm³/mol. The number of rotatable bonds is 18. The second-order valence-corrected chi connectivity index (χ2v) is 21.4. The number of carbonyl (C=O) groups excluding carboxylic acids is 1. The number of carboxylic acids is 1. The minimum Gasteiger partial charge on any atom is -0.478 e. The number of anilines is 3. The Morgan fingerprint density at radius 2 is 1.10 bits per heavy atom. The third-order valence-electron chi connectivity index (χ3n) is 13.7. The van der Waals surface area contributed by atoms with E-state index in [1.807, 2.05) is 111 Å². The molecule has 2 aliphatic rings. The number of piperidine rings is 2. The zero-order chi connectivity index (χ0) is 55.7. The van der Waals surface area contributed by atoms with Crippen LogP contribution in [0.15, 0.2) is 146 Å². The maximum atomic E-state index is 12.3. The molecule has 0 spiro atoms. The van der Waals surface area contributed by atoms with Gasteiger partial charge in [-0.15, -0.1) is 0 Å². The molecule has 6 heterocycles. The molecule has 79 heavy (non-hydrogen) atoms. The van der Waals surface area contributed by atoms with Gasteiger partial charge < -0.3 is 41.2 Å². The number of carboxylic acid groups (broad SMARTS) is 1. The molecule has 7 N–H and O–H groups in total. The van der Waals surface area contributed by atoms with Gasteiger partial charge in [0.1, 0.15) is 0 Å². The van der Waals surface area contributed by atoms with Gasteiger partial charge in [0.05, 0.1) is 33.8 Å². The van der Waals surface area contributed by atoms with Crippen LogP contribution in [0.25, 0.3) is 44.3 Å². The zero-order valence-corrected chi connectivity index (χ0v) is 46.9. The Kier molecular flexibility index (Phi) is 20.8. The predicted octanol–water partition coefficient (Wildman–Crippen LogP) is 10.7. The Bertz CT molecular complexity index is 3340. The van der Waals surface area contributed by atoms with E-state index in [0.717, 1.165) is 133 Å². The van der Waals surface area contributed by atoms with Crippen molar-refractivity contribution in [2.24, 2.45) is 0 Å². The Labute approximate surface area is 472 Å². The monoisotopic (exact) mass is 1100 g/mol. The van der Waals surface area contributed by atoms with Crippen LogP contribution in [0, 0.1) is 0 Å². The van der Waals surface area contributed by atoms with Crippen molar-refractivity contribution in [2.45, 2.75) is 57.3 Å². The highest BCUT2D eigenvalue weighted by Crippen LogP contribution is 2.34. The van der Waals surface area contributed by atoms with Gasteiger partial charge in [0.15, 0.2) is 5.78 Å². The Morgan fingerprint density at radius 3 is 1.58 bits per heavy atom. The highest BCUT2D eigenvalue weighted by molar-refractivity contribution is 6.33. The first-order chi connectivity index (χ1) is 38.2. The first-order valence-electron chi connectivity index (χ1n) is 26.7. The number of hydrogen-bond donors (Lipinski definition) is 6. The summed E-state index contributed by atoms with van der Waals surface area (Å²) >= 11 is 13.0. The van der Waals surface area contributed by atoms with Crippen LogP contribution >= 0.6 is 23.2 Å². The van der Waals surface area contributed by atoms with Crippen LogP contribution in [0.3, 0.4) is 0 Å². The minimum absolute atomic E-state index is 0.137. The fourth-order valence-electron chi connectivity index (χ4n) is 9.69. The first kappa shape index (κ1) is 57.7. The number of hydrogen-bond acceptors (Lipinski definition) is 13. The topological polar surface area (TPSA) is 201 Å². The minimum atomic E-state index is -0.892. The van der Waals surface area contributed by atoms with Gasteiger partial charge in [-0.2, -0.15) is 0 Å². The first-order valence-corrected chi connectivity index (χ1v) is 27.4. The molecule has 4 aromatic carbocycles. The maximum absolute atomic E-state index is 12.3. The number of aliphatic carboxylic acids is 1. The lowest BCUT2D eigenvalue weighted by atomic mass is 10.0. The summed E-state index contributed by atoms with van der Waals surface area (Å²) in [6, 6.07) is 33.5. The summed E-state index contributed by atoms with van der Waals surface area (Å²) in [5.74, 6) is 0.476. The van der Waals surface area contributed by atoms with Crippen LogP contribution in [0.1, 0.15) is 42.4 Å². The number of nitrogens with two attached hydrogens (primary N) is 1. The molecule has 18 heteroatoms. The van der Waals surface area contributed by atoms with Crippen LogP contribution in [0.5, 0.6) is 0 Å². The smallest absolute Gasteiger partial charge is 0.328 e. The van der Waals surface area contributed by atoms with E-state index in [2.05, 4.69) is 82.8 Å². The molecule has 8 aromatic rings. The van der Waals surface area contributed by atoms with Crippen molar-refractivity contribution in [3.8, 4) is 22.5 Å². The van der Waals surface area contributed by atoms with Crippen molar-refractivity contribution >= 4 is 74.3 Å². The molecule has 0 atom stereocenters. The number of halogens is 2. The maximum Gasteiger partial charge on any atom is 0.328 e. The number of nitrogen functional groups attached to an aromatic ring is 1. The van der Waals surface area contributed by atoms with Crippen LogP contribution in [-0.2, 0) is 29.1 Å². The quantitative estimate of drug-likeness (QED) is 0.0350. The number of nitrogens with one attached hydrogen (secondary N) is 4. The van der Waals surface area contributed by atoms with Gasteiger partial charge >= 0.3 is 5.97 Å².